The molecule has 1 atom stereocenters. The van der Waals surface area contributed by atoms with Crippen molar-refractivity contribution in [2.24, 2.45) is 0 Å². The van der Waals surface area contributed by atoms with Crippen molar-refractivity contribution in [2.45, 2.75) is 245 Å². The molecule has 0 N–H and O–H groups in total. The minimum atomic E-state index is -0.822. The summed E-state index contributed by atoms with van der Waals surface area (Å²) in [4.78, 5) is 38.1. The van der Waals surface area contributed by atoms with Gasteiger partial charge in [-0.2, -0.15) is 0 Å². The maximum atomic E-state index is 12.8. The fourth-order valence-electron chi connectivity index (χ4n) is 7.22. The zero-order chi connectivity index (χ0) is 50.0. The van der Waals surface area contributed by atoms with Gasteiger partial charge in [-0.25, -0.2) is 0 Å². The maximum absolute atomic E-state index is 12.8. The summed E-state index contributed by atoms with van der Waals surface area (Å²) in [5.74, 6) is -1.02. The summed E-state index contributed by atoms with van der Waals surface area (Å²) >= 11 is 0. The quantitative estimate of drug-likeness (QED) is 0.0262. The highest BCUT2D eigenvalue weighted by atomic mass is 16.6. The van der Waals surface area contributed by atoms with Gasteiger partial charge in [-0.05, 0) is 128 Å². The Morgan fingerprint density at radius 2 is 0.580 bits per heavy atom. The fourth-order valence-corrected chi connectivity index (χ4v) is 7.22. The molecule has 6 nitrogen and oxygen atoms in total. The Morgan fingerprint density at radius 3 is 1.00 bits per heavy atom. The van der Waals surface area contributed by atoms with E-state index in [1.807, 2.05) is 0 Å². The maximum Gasteiger partial charge on any atom is 0.306 e. The zero-order valence-electron chi connectivity index (χ0n) is 44.5. The van der Waals surface area contributed by atoms with Gasteiger partial charge < -0.3 is 14.2 Å². The molecule has 0 radical (unpaired) electrons. The average Bonchev–Trinajstić information content (AvgIpc) is 3.35. The number of unbranched alkanes of at least 4 members (excludes halogenated alkanes) is 18. The number of allylic oxidation sites excluding steroid dienone is 20. The Hall–Kier alpha value is -4.19. The van der Waals surface area contributed by atoms with Crippen LogP contribution in [-0.4, -0.2) is 37.2 Å². The summed E-state index contributed by atoms with van der Waals surface area (Å²) < 4.78 is 16.8. The molecule has 69 heavy (non-hydrogen) atoms. The lowest BCUT2D eigenvalue weighted by Crippen LogP contribution is -2.30. The second kappa shape index (κ2) is 56.4. The molecule has 0 rings (SSSR count). The van der Waals surface area contributed by atoms with Gasteiger partial charge in [0.15, 0.2) is 6.10 Å². The molecule has 0 bridgehead atoms. The third-order valence-corrected chi connectivity index (χ3v) is 11.4. The van der Waals surface area contributed by atoms with Crippen LogP contribution in [0, 0.1) is 0 Å². The highest BCUT2D eigenvalue weighted by Crippen LogP contribution is 2.13. The van der Waals surface area contributed by atoms with Crippen LogP contribution in [0.1, 0.15) is 239 Å². The topological polar surface area (TPSA) is 78.9 Å². The van der Waals surface area contributed by atoms with Crippen molar-refractivity contribution in [3.8, 4) is 0 Å². The molecule has 0 saturated heterocycles. The van der Waals surface area contributed by atoms with Crippen LogP contribution in [0.15, 0.2) is 122 Å². The highest BCUT2D eigenvalue weighted by Gasteiger charge is 2.19. The summed E-state index contributed by atoms with van der Waals surface area (Å²) in [6.45, 7) is 6.40. The first-order chi connectivity index (χ1) is 34.0. The first kappa shape index (κ1) is 64.8. The third-order valence-electron chi connectivity index (χ3n) is 11.4. The van der Waals surface area contributed by atoms with Crippen LogP contribution in [0.4, 0.5) is 0 Å². The number of esters is 3. The minimum Gasteiger partial charge on any atom is -0.462 e. The Labute approximate surface area is 424 Å². The molecule has 0 amide bonds. The number of ether oxygens (including phenoxy) is 3. The second-order valence-electron chi connectivity index (χ2n) is 18.1. The van der Waals surface area contributed by atoms with E-state index in [0.29, 0.717) is 19.3 Å². The van der Waals surface area contributed by atoms with Crippen LogP contribution in [-0.2, 0) is 28.6 Å². The van der Waals surface area contributed by atoms with Gasteiger partial charge >= 0.3 is 17.9 Å². The Balaban J connectivity index is 4.56. The molecule has 0 saturated carbocycles. The van der Waals surface area contributed by atoms with Crippen molar-refractivity contribution in [1.82, 2.24) is 0 Å². The first-order valence-electron chi connectivity index (χ1n) is 28.0. The molecule has 6 heteroatoms. The summed E-state index contributed by atoms with van der Waals surface area (Å²) in [6, 6.07) is 0. The van der Waals surface area contributed by atoms with E-state index < -0.39 is 6.10 Å². The van der Waals surface area contributed by atoms with E-state index in [9.17, 15) is 14.4 Å². The van der Waals surface area contributed by atoms with E-state index in [-0.39, 0.29) is 37.5 Å². The van der Waals surface area contributed by atoms with E-state index in [2.05, 4.69) is 142 Å². The second-order valence-corrected chi connectivity index (χ2v) is 18.1. The summed E-state index contributed by atoms with van der Waals surface area (Å²) in [7, 11) is 0. The number of carbonyl (C=O) groups is 3. The molecule has 0 aliphatic heterocycles. The monoisotopic (exact) mass is 955 g/mol. The van der Waals surface area contributed by atoms with E-state index in [1.54, 1.807) is 0 Å². The van der Waals surface area contributed by atoms with Crippen LogP contribution in [0.25, 0.3) is 0 Å². The average molecular weight is 956 g/mol. The van der Waals surface area contributed by atoms with Crippen molar-refractivity contribution in [2.75, 3.05) is 13.2 Å². The fraction of sp³-hybridized carbons (Fsp3) is 0.635. The molecule has 0 unspecified atom stereocenters. The van der Waals surface area contributed by atoms with E-state index in [0.717, 1.165) is 116 Å². The van der Waals surface area contributed by atoms with Gasteiger partial charge in [0.1, 0.15) is 13.2 Å². The zero-order valence-corrected chi connectivity index (χ0v) is 44.5. The molecule has 0 spiro atoms. The van der Waals surface area contributed by atoms with Gasteiger partial charge in [-0.1, -0.05) is 213 Å². The molecule has 0 aromatic carbocycles. The standard InChI is InChI=1S/C63H102O6/c1-4-7-10-13-16-19-22-25-28-30-31-33-36-38-41-44-47-50-53-56-62(65)68-59-60(69-63(66)57-54-51-48-45-42-39-34-27-24-21-18-15-12-9-6-3)58-67-61(64)55-52-49-46-43-40-37-35-32-29-26-23-20-17-14-11-8-5-2/h7,10,16-17,19-20,25-29,31,33-35,37-38,41,43,46,60H,4-6,8-9,11-15,18,21-24,30,32,36,39-40,42,44-45,47-59H2,1-3H3/t60-/m1/s1. The number of carbonyl (C=O) groups excluding carboxylic acids is 3. The van der Waals surface area contributed by atoms with Crippen molar-refractivity contribution >= 4 is 17.9 Å². The number of hydrogen-bond acceptors (Lipinski definition) is 6. The molecule has 0 fully saturated rings. The van der Waals surface area contributed by atoms with E-state index in [4.69, 9.17) is 14.2 Å². The molecule has 0 aromatic rings. The minimum absolute atomic E-state index is 0.119. The molecule has 390 valence electrons. The van der Waals surface area contributed by atoms with Gasteiger partial charge in [0.2, 0.25) is 0 Å². The molecule has 0 heterocycles. The Morgan fingerprint density at radius 1 is 0.304 bits per heavy atom. The molecule has 0 aliphatic carbocycles. The number of rotatable bonds is 49. The van der Waals surface area contributed by atoms with Crippen LogP contribution in [0.3, 0.4) is 0 Å². The largest absolute Gasteiger partial charge is 0.462 e. The molecule has 0 aliphatic rings. The van der Waals surface area contributed by atoms with E-state index >= 15 is 0 Å². The highest BCUT2D eigenvalue weighted by molar-refractivity contribution is 5.71. The van der Waals surface area contributed by atoms with Crippen molar-refractivity contribution in [1.29, 1.82) is 0 Å². The lowest BCUT2D eigenvalue weighted by Gasteiger charge is -2.18. The van der Waals surface area contributed by atoms with Crippen LogP contribution < -0.4 is 0 Å². The SMILES string of the molecule is CCC=CCC=CCC=CCC=CCC=CCCCCCC(=O)OC[C@@H](COC(=O)CCCC=CCC=CCC=CCC=CCCCCC)OC(=O)CCCCCCCC=CCCCCCCCC. The van der Waals surface area contributed by atoms with Crippen LogP contribution >= 0.6 is 0 Å². The summed E-state index contributed by atoms with van der Waals surface area (Å²) in [5.41, 5.74) is 0. The van der Waals surface area contributed by atoms with Gasteiger partial charge in [-0.15, -0.1) is 0 Å². The third kappa shape index (κ3) is 54.6. The lowest BCUT2D eigenvalue weighted by atomic mass is 10.1. The van der Waals surface area contributed by atoms with Crippen LogP contribution in [0.2, 0.25) is 0 Å². The summed E-state index contributed by atoms with van der Waals surface area (Å²) in [5, 5.41) is 0. The predicted octanol–water partition coefficient (Wildman–Crippen LogP) is 18.9. The molecular weight excluding hydrogens is 853 g/mol. The van der Waals surface area contributed by atoms with Crippen molar-refractivity contribution in [3.05, 3.63) is 122 Å². The smallest absolute Gasteiger partial charge is 0.306 e. The molecular formula is C63H102O6. The van der Waals surface area contributed by atoms with Gasteiger partial charge in [-0.3, -0.25) is 14.4 Å². The van der Waals surface area contributed by atoms with Gasteiger partial charge in [0.25, 0.3) is 0 Å². The lowest BCUT2D eigenvalue weighted by molar-refractivity contribution is -0.167. The van der Waals surface area contributed by atoms with E-state index in [1.165, 1.54) is 77.0 Å². The summed E-state index contributed by atoms with van der Waals surface area (Å²) in [6.07, 6.45) is 77.6. The Bertz CT molecular complexity index is 1470. The predicted molar refractivity (Wildman–Crippen MR) is 297 cm³/mol. The molecule has 0 aromatic heterocycles. The van der Waals surface area contributed by atoms with Crippen LogP contribution in [0.5, 0.6) is 0 Å². The van der Waals surface area contributed by atoms with Gasteiger partial charge in [0.05, 0.1) is 0 Å². The van der Waals surface area contributed by atoms with Crippen molar-refractivity contribution < 1.29 is 28.6 Å². The van der Waals surface area contributed by atoms with Crippen molar-refractivity contribution in [3.63, 3.8) is 0 Å². The van der Waals surface area contributed by atoms with Gasteiger partial charge in [0, 0.05) is 19.3 Å². The Kier molecular flexibility index (Phi) is 53.0. The number of hydrogen-bond donors (Lipinski definition) is 0. The normalized spacial score (nSPS) is 13.0. The first-order valence-corrected chi connectivity index (χ1v) is 28.0.